The number of carbonyl (C=O) groups excluding carboxylic acids is 3. The highest BCUT2D eigenvalue weighted by Crippen LogP contribution is 2.07. The first-order valence-corrected chi connectivity index (χ1v) is 6.10. The summed E-state index contributed by atoms with van der Waals surface area (Å²) in [7, 11) is 0. The van der Waals surface area contributed by atoms with Crippen molar-refractivity contribution in [2.45, 2.75) is 26.3 Å². The molecule has 6 N–H and O–H groups in total. The maximum absolute atomic E-state index is 11.8. The third kappa shape index (κ3) is 7.19. The third-order valence-corrected chi connectivity index (χ3v) is 2.65. The molecule has 0 aromatic rings. The lowest BCUT2D eigenvalue weighted by Crippen LogP contribution is -2.53. The lowest BCUT2D eigenvalue weighted by molar-refractivity contribution is -0.137. The molecule has 9 nitrogen and oxygen atoms in total. The Kier molecular flexibility index (Phi) is 7.71. The van der Waals surface area contributed by atoms with Crippen molar-refractivity contribution in [3.8, 4) is 0 Å². The van der Waals surface area contributed by atoms with Gasteiger partial charge in [-0.25, -0.2) is 4.79 Å². The molecule has 0 aliphatic rings. The van der Waals surface area contributed by atoms with Crippen LogP contribution in [0.4, 0.5) is 4.79 Å². The van der Waals surface area contributed by atoms with Crippen LogP contribution < -0.4 is 21.7 Å². The van der Waals surface area contributed by atoms with Crippen LogP contribution in [-0.2, 0) is 14.4 Å². The first kappa shape index (κ1) is 17.7. The Labute approximate surface area is 116 Å². The Balaban J connectivity index is 4.35. The average molecular weight is 288 g/mol. The zero-order chi connectivity index (χ0) is 15.7. The summed E-state index contributed by atoms with van der Waals surface area (Å²) in [5.41, 5.74) is 4.99. The van der Waals surface area contributed by atoms with E-state index in [2.05, 4.69) is 16.0 Å². The van der Waals surface area contributed by atoms with Gasteiger partial charge < -0.3 is 26.8 Å². The van der Waals surface area contributed by atoms with Crippen molar-refractivity contribution in [1.29, 1.82) is 0 Å². The first-order chi connectivity index (χ1) is 9.27. The van der Waals surface area contributed by atoms with E-state index in [4.69, 9.17) is 10.8 Å². The van der Waals surface area contributed by atoms with Gasteiger partial charge in [0, 0.05) is 0 Å². The first-order valence-electron chi connectivity index (χ1n) is 6.10. The number of aliphatic carboxylic acids is 1. The molecule has 0 bridgehead atoms. The van der Waals surface area contributed by atoms with E-state index in [1.807, 2.05) is 6.92 Å². The SMILES string of the molecule is CCC(C)C(NC(N)=O)C(=O)NCC(=O)NCC(=O)O. The smallest absolute Gasteiger partial charge is 0.322 e. The molecule has 0 aromatic heterocycles. The lowest BCUT2D eigenvalue weighted by Gasteiger charge is -2.22. The summed E-state index contributed by atoms with van der Waals surface area (Å²) >= 11 is 0. The Morgan fingerprint density at radius 1 is 1.15 bits per heavy atom. The van der Waals surface area contributed by atoms with Gasteiger partial charge in [-0.05, 0) is 5.92 Å². The predicted octanol–water partition coefficient (Wildman–Crippen LogP) is -1.61. The minimum Gasteiger partial charge on any atom is -0.480 e. The predicted molar refractivity (Wildman–Crippen MR) is 69.6 cm³/mol. The maximum atomic E-state index is 11.8. The lowest BCUT2D eigenvalue weighted by atomic mass is 9.98. The van der Waals surface area contributed by atoms with E-state index in [1.54, 1.807) is 6.92 Å². The average Bonchev–Trinajstić information content (AvgIpc) is 2.38. The molecule has 0 saturated heterocycles. The van der Waals surface area contributed by atoms with Gasteiger partial charge in [0.25, 0.3) is 0 Å². The van der Waals surface area contributed by atoms with Gasteiger partial charge in [0.05, 0.1) is 6.54 Å². The van der Waals surface area contributed by atoms with Crippen LogP contribution in [0.2, 0.25) is 0 Å². The molecule has 0 saturated carbocycles. The molecule has 0 rings (SSSR count). The third-order valence-electron chi connectivity index (χ3n) is 2.65. The summed E-state index contributed by atoms with van der Waals surface area (Å²) < 4.78 is 0. The maximum Gasteiger partial charge on any atom is 0.322 e. The standard InChI is InChI=1S/C11H20N4O5/c1-3-6(2)9(15-11(12)20)10(19)14-4-7(16)13-5-8(17)18/h6,9H,3-5H2,1-2H3,(H,13,16)(H,14,19)(H,17,18)(H3,12,15,20). The van der Waals surface area contributed by atoms with Crippen molar-refractivity contribution >= 4 is 23.8 Å². The van der Waals surface area contributed by atoms with Gasteiger partial charge in [0.2, 0.25) is 11.8 Å². The fourth-order valence-corrected chi connectivity index (χ4v) is 1.37. The van der Waals surface area contributed by atoms with Crippen molar-refractivity contribution < 1.29 is 24.3 Å². The van der Waals surface area contributed by atoms with Gasteiger partial charge in [-0.3, -0.25) is 14.4 Å². The Bertz CT molecular complexity index is 385. The molecular formula is C11H20N4O5. The monoisotopic (exact) mass is 288 g/mol. The highest BCUT2D eigenvalue weighted by atomic mass is 16.4. The minimum absolute atomic E-state index is 0.162. The number of urea groups is 1. The molecule has 0 radical (unpaired) electrons. The molecular weight excluding hydrogens is 268 g/mol. The number of nitrogens with one attached hydrogen (secondary N) is 3. The second-order valence-corrected chi connectivity index (χ2v) is 4.26. The number of amides is 4. The topological polar surface area (TPSA) is 151 Å². The summed E-state index contributed by atoms with van der Waals surface area (Å²) in [4.78, 5) is 44.2. The molecule has 4 amide bonds. The number of nitrogens with two attached hydrogens (primary N) is 1. The molecule has 0 aromatic carbocycles. The highest BCUT2D eigenvalue weighted by molar-refractivity contribution is 5.90. The molecule has 20 heavy (non-hydrogen) atoms. The zero-order valence-corrected chi connectivity index (χ0v) is 11.4. The van der Waals surface area contributed by atoms with Crippen molar-refractivity contribution in [2.75, 3.05) is 13.1 Å². The number of carbonyl (C=O) groups is 4. The van der Waals surface area contributed by atoms with E-state index < -0.39 is 36.4 Å². The molecule has 0 aliphatic heterocycles. The number of hydrogen-bond acceptors (Lipinski definition) is 4. The molecule has 114 valence electrons. The number of carboxylic acid groups (broad SMARTS) is 1. The van der Waals surface area contributed by atoms with Gasteiger partial charge in [-0.2, -0.15) is 0 Å². The summed E-state index contributed by atoms with van der Waals surface area (Å²) in [6, 6.07) is -1.68. The van der Waals surface area contributed by atoms with Crippen LogP contribution in [0.25, 0.3) is 0 Å². The fourth-order valence-electron chi connectivity index (χ4n) is 1.37. The van der Waals surface area contributed by atoms with Crippen molar-refractivity contribution in [3.05, 3.63) is 0 Å². The number of primary amides is 1. The van der Waals surface area contributed by atoms with E-state index in [0.717, 1.165) is 0 Å². The fraction of sp³-hybridized carbons (Fsp3) is 0.636. The molecule has 9 heteroatoms. The van der Waals surface area contributed by atoms with E-state index in [1.165, 1.54) is 0 Å². The Hall–Kier alpha value is -2.32. The van der Waals surface area contributed by atoms with Gasteiger partial charge in [0.15, 0.2) is 0 Å². The molecule has 0 heterocycles. The number of hydrogen-bond donors (Lipinski definition) is 5. The van der Waals surface area contributed by atoms with Crippen molar-refractivity contribution in [2.24, 2.45) is 11.7 Å². The van der Waals surface area contributed by atoms with Crippen LogP contribution in [0.1, 0.15) is 20.3 Å². The Morgan fingerprint density at radius 2 is 1.75 bits per heavy atom. The van der Waals surface area contributed by atoms with Gasteiger partial charge in [0.1, 0.15) is 12.6 Å². The molecule has 0 fully saturated rings. The molecule has 0 aliphatic carbocycles. The van der Waals surface area contributed by atoms with E-state index in [9.17, 15) is 19.2 Å². The summed E-state index contributed by atoms with van der Waals surface area (Å²) in [5.74, 6) is -2.53. The van der Waals surface area contributed by atoms with Crippen LogP contribution in [-0.4, -0.2) is 48.1 Å². The van der Waals surface area contributed by atoms with Crippen LogP contribution in [0.15, 0.2) is 0 Å². The van der Waals surface area contributed by atoms with Gasteiger partial charge in [-0.15, -0.1) is 0 Å². The van der Waals surface area contributed by atoms with Crippen molar-refractivity contribution in [3.63, 3.8) is 0 Å². The number of carboxylic acids is 1. The van der Waals surface area contributed by atoms with Gasteiger partial charge >= 0.3 is 12.0 Å². The van der Waals surface area contributed by atoms with Crippen LogP contribution in [0.3, 0.4) is 0 Å². The normalized spacial score (nSPS) is 12.9. The van der Waals surface area contributed by atoms with Crippen molar-refractivity contribution in [1.82, 2.24) is 16.0 Å². The quantitative estimate of drug-likeness (QED) is 0.364. The summed E-state index contributed by atoms with van der Waals surface area (Å²) in [5, 5.41) is 15.1. The van der Waals surface area contributed by atoms with Crippen LogP contribution in [0, 0.1) is 5.92 Å². The van der Waals surface area contributed by atoms with Gasteiger partial charge in [-0.1, -0.05) is 20.3 Å². The van der Waals surface area contributed by atoms with Crippen LogP contribution in [0.5, 0.6) is 0 Å². The largest absolute Gasteiger partial charge is 0.480 e. The number of rotatable bonds is 8. The molecule has 2 unspecified atom stereocenters. The van der Waals surface area contributed by atoms with E-state index >= 15 is 0 Å². The second kappa shape index (κ2) is 8.73. The molecule has 2 atom stereocenters. The second-order valence-electron chi connectivity index (χ2n) is 4.26. The summed E-state index contributed by atoms with van der Waals surface area (Å²) in [6.07, 6.45) is 0.629. The Morgan fingerprint density at radius 3 is 2.20 bits per heavy atom. The van der Waals surface area contributed by atoms with E-state index in [0.29, 0.717) is 6.42 Å². The van der Waals surface area contributed by atoms with E-state index in [-0.39, 0.29) is 12.5 Å². The molecule has 0 spiro atoms. The highest BCUT2D eigenvalue weighted by Gasteiger charge is 2.25. The summed E-state index contributed by atoms with van der Waals surface area (Å²) in [6.45, 7) is 2.69. The zero-order valence-electron chi connectivity index (χ0n) is 11.4. The minimum atomic E-state index is -1.18. The van der Waals surface area contributed by atoms with Crippen LogP contribution >= 0.6 is 0 Å².